The number of rotatable bonds is 5. The van der Waals surface area contributed by atoms with Crippen molar-refractivity contribution in [2.24, 2.45) is 0 Å². The lowest BCUT2D eigenvalue weighted by atomic mass is 10.2. The van der Waals surface area contributed by atoms with E-state index < -0.39 is 0 Å². The number of nitriles is 1. The third kappa shape index (κ3) is 2.71. The number of methoxy groups -OCH3 is 1. The molecule has 1 atom stereocenters. The molecule has 4 nitrogen and oxygen atoms in total. The molecule has 0 aromatic heterocycles. The van der Waals surface area contributed by atoms with Crippen molar-refractivity contribution in [1.29, 1.82) is 5.26 Å². The molecule has 4 heteroatoms. The van der Waals surface area contributed by atoms with E-state index in [0.29, 0.717) is 19.0 Å². The molecule has 0 amide bonds. The summed E-state index contributed by atoms with van der Waals surface area (Å²) in [5.74, 6) is -0.213. The molecule has 0 saturated heterocycles. The Morgan fingerprint density at radius 1 is 1.71 bits per heavy atom. The van der Waals surface area contributed by atoms with Gasteiger partial charge >= 0.3 is 5.97 Å². The van der Waals surface area contributed by atoms with Crippen LogP contribution in [-0.2, 0) is 9.53 Å². The molecule has 0 heterocycles. The molecular formula is C10H16N2O2. The minimum atomic E-state index is -0.221. The van der Waals surface area contributed by atoms with Gasteiger partial charge in [0, 0.05) is 19.0 Å². The fraction of sp³-hybridized carbons (Fsp3) is 0.800. The van der Waals surface area contributed by atoms with Crippen LogP contribution in [0, 0.1) is 11.3 Å². The standard InChI is InChI=1S/C10H16N2O2/c1-8(10(13)14-2)12(7-3-6-11)9-4-5-9/h8-9H,3-5,7H2,1-2H3. The van der Waals surface area contributed by atoms with E-state index in [4.69, 9.17) is 5.26 Å². The highest BCUT2D eigenvalue weighted by atomic mass is 16.5. The molecule has 0 bridgehead atoms. The second kappa shape index (κ2) is 4.97. The highest BCUT2D eigenvalue weighted by molar-refractivity contribution is 5.75. The maximum Gasteiger partial charge on any atom is 0.322 e. The number of carbonyl (C=O) groups is 1. The minimum absolute atomic E-state index is 0.213. The number of hydrogen-bond donors (Lipinski definition) is 0. The molecule has 0 aromatic carbocycles. The Kier molecular flexibility index (Phi) is 3.90. The van der Waals surface area contributed by atoms with Crippen molar-refractivity contribution in [2.45, 2.75) is 38.3 Å². The highest BCUT2D eigenvalue weighted by Gasteiger charge is 2.34. The zero-order valence-electron chi connectivity index (χ0n) is 8.69. The van der Waals surface area contributed by atoms with E-state index in [-0.39, 0.29) is 12.0 Å². The zero-order valence-corrected chi connectivity index (χ0v) is 8.69. The first-order valence-electron chi connectivity index (χ1n) is 4.91. The van der Waals surface area contributed by atoms with E-state index in [1.165, 1.54) is 7.11 Å². The summed E-state index contributed by atoms with van der Waals surface area (Å²) in [7, 11) is 1.40. The van der Waals surface area contributed by atoms with Crippen LogP contribution >= 0.6 is 0 Å². The van der Waals surface area contributed by atoms with E-state index in [0.717, 1.165) is 12.8 Å². The maximum atomic E-state index is 11.3. The molecule has 1 aliphatic carbocycles. The van der Waals surface area contributed by atoms with E-state index in [1.807, 2.05) is 6.92 Å². The van der Waals surface area contributed by atoms with Crippen LogP contribution in [-0.4, -0.2) is 36.6 Å². The van der Waals surface area contributed by atoms with Gasteiger partial charge in [0.05, 0.1) is 13.2 Å². The molecule has 14 heavy (non-hydrogen) atoms. The van der Waals surface area contributed by atoms with E-state index >= 15 is 0 Å². The van der Waals surface area contributed by atoms with Crippen molar-refractivity contribution in [3.05, 3.63) is 0 Å². The predicted octanol–water partition coefficient (Wildman–Crippen LogP) is 0.926. The fourth-order valence-electron chi connectivity index (χ4n) is 1.58. The largest absolute Gasteiger partial charge is 0.468 e. The smallest absolute Gasteiger partial charge is 0.322 e. The molecule has 0 radical (unpaired) electrons. The molecule has 1 unspecified atom stereocenters. The van der Waals surface area contributed by atoms with Crippen LogP contribution in [0.3, 0.4) is 0 Å². The summed E-state index contributed by atoms with van der Waals surface area (Å²) in [6, 6.07) is 2.36. The summed E-state index contributed by atoms with van der Waals surface area (Å²) in [6.07, 6.45) is 2.73. The fourth-order valence-corrected chi connectivity index (χ4v) is 1.58. The second-order valence-corrected chi connectivity index (χ2v) is 3.58. The molecule has 1 fully saturated rings. The summed E-state index contributed by atoms with van der Waals surface area (Å²) in [6.45, 7) is 2.50. The van der Waals surface area contributed by atoms with Crippen molar-refractivity contribution in [3.8, 4) is 6.07 Å². The van der Waals surface area contributed by atoms with Gasteiger partial charge in [-0.15, -0.1) is 0 Å². The summed E-state index contributed by atoms with van der Waals surface area (Å²) in [5.41, 5.74) is 0. The molecule has 78 valence electrons. The van der Waals surface area contributed by atoms with Crippen molar-refractivity contribution < 1.29 is 9.53 Å². The average molecular weight is 196 g/mol. The van der Waals surface area contributed by atoms with E-state index in [1.54, 1.807) is 0 Å². The predicted molar refractivity (Wildman–Crippen MR) is 51.4 cm³/mol. The normalized spacial score (nSPS) is 17.6. The summed E-state index contributed by atoms with van der Waals surface area (Å²) < 4.78 is 4.69. The van der Waals surface area contributed by atoms with Crippen LogP contribution in [0.4, 0.5) is 0 Å². The third-order valence-corrected chi connectivity index (χ3v) is 2.54. The van der Waals surface area contributed by atoms with Gasteiger partial charge < -0.3 is 4.74 Å². The average Bonchev–Trinajstić information content (AvgIpc) is 3.01. The Labute approximate surface area is 84.4 Å². The Hall–Kier alpha value is -1.08. The van der Waals surface area contributed by atoms with Gasteiger partial charge in [-0.3, -0.25) is 9.69 Å². The summed E-state index contributed by atoms with van der Waals surface area (Å²) in [5, 5.41) is 8.50. The Morgan fingerprint density at radius 2 is 2.36 bits per heavy atom. The molecule has 0 aliphatic heterocycles. The molecule has 1 aliphatic rings. The number of hydrogen-bond acceptors (Lipinski definition) is 4. The monoisotopic (exact) mass is 196 g/mol. The van der Waals surface area contributed by atoms with Crippen LogP contribution in [0.2, 0.25) is 0 Å². The van der Waals surface area contributed by atoms with Gasteiger partial charge in [-0.2, -0.15) is 5.26 Å². The molecular weight excluding hydrogens is 180 g/mol. The van der Waals surface area contributed by atoms with Crippen LogP contribution in [0.25, 0.3) is 0 Å². The Morgan fingerprint density at radius 3 is 2.79 bits per heavy atom. The number of esters is 1. The lowest BCUT2D eigenvalue weighted by Crippen LogP contribution is -2.41. The van der Waals surface area contributed by atoms with Crippen molar-refractivity contribution >= 4 is 5.97 Å². The number of nitrogens with zero attached hydrogens (tertiary/aromatic N) is 2. The van der Waals surface area contributed by atoms with Gasteiger partial charge in [0.25, 0.3) is 0 Å². The lowest BCUT2D eigenvalue weighted by molar-refractivity contribution is -0.146. The Balaban J connectivity index is 2.48. The minimum Gasteiger partial charge on any atom is -0.468 e. The van der Waals surface area contributed by atoms with Crippen LogP contribution in [0.5, 0.6) is 0 Å². The molecule has 0 spiro atoms. The zero-order chi connectivity index (χ0) is 10.6. The van der Waals surface area contributed by atoms with E-state index in [9.17, 15) is 4.79 Å². The van der Waals surface area contributed by atoms with Crippen LogP contribution in [0.15, 0.2) is 0 Å². The van der Waals surface area contributed by atoms with Gasteiger partial charge in [-0.05, 0) is 19.8 Å². The van der Waals surface area contributed by atoms with Gasteiger partial charge in [-0.25, -0.2) is 0 Å². The Bertz CT molecular complexity index is 243. The van der Waals surface area contributed by atoms with E-state index in [2.05, 4.69) is 15.7 Å². The topological polar surface area (TPSA) is 53.3 Å². The second-order valence-electron chi connectivity index (χ2n) is 3.58. The summed E-state index contributed by atoms with van der Waals surface area (Å²) >= 11 is 0. The third-order valence-electron chi connectivity index (χ3n) is 2.54. The molecule has 0 aromatic rings. The van der Waals surface area contributed by atoms with Crippen LogP contribution in [0.1, 0.15) is 26.2 Å². The molecule has 1 saturated carbocycles. The molecule has 1 rings (SSSR count). The van der Waals surface area contributed by atoms with Gasteiger partial charge in [0.15, 0.2) is 0 Å². The van der Waals surface area contributed by atoms with Crippen molar-refractivity contribution in [1.82, 2.24) is 4.90 Å². The first-order valence-corrected chi connectivity index (χ1v) is 4.91. The quantitative estimate of drug-likeness (QED) is 0.614. The number of ether oxygens (including phenoxy) is 1. The number of carbonyl (C=O) groups excluding carboxylic acids is 1. The lowest BCUT2D eigenvalue weighted by Gasteiger charge is -2.25. The summed E-state index contributed by atoms with van der Waals surface area (Å²) in [4.78, 5) is 13.4. The van der Waals surface area contributed by atoms with Gasteiger partial charge in [0.2, 0.25) is 0 Å². The van der Waals surface area contributed by atoms with Crippen molar-refractivity contribution in [3.63, 3.8) is 0 Å². The highest BCUT2D eigenvalue weighted by Crippen LogP contribution is 2.28. The van der Waals surface area contributed by atoms with Crippen molar-refractivity contribution in [2.75, 3.05) is 13.7 Å². The van der Waals surface area contributed by atoms with Gasteiger partial charge in [0.1, 0.15) is 6.04 Å². The van der Waals surface area contributed by atoms with Crippen LogP contribution < -0.4 is 0 Å². The maximum absolute atomic E-state index is 11.3. The SMILES string of the molecule is COC(=O)C(C)N(CCC#N)C1CC1. The first-order chi connectivity index (χ1) is 6.70. The molecule has 0 N–H and O–H groups in total. The van der Waals surface area contributed by atoms with Gasteiger partial charge in [-0.1, -0.05) is 0 Å². The first kappa shape index (κ1) is 11.0.